The second-order valence-electron chi connectivity index (χ2n) is 3.35. The lowest BCUT2D eigenvalue weighted by atomic mass is 10.3. The van der Waals surface area contributed by atoms with Gasteiger partial charge in [0, 0.05) is 6.20 Å². The third kappa shape index (κ3) is 2.63. The first-order chi connectivity index (χ1) is 8.61. The lowest BCUT2D eigenvalue weighted by Crippen LogP contribution is -2.06. The largest absolute Gasteiger partial charge is 0.460 e. The van der Waals surface area contributed by atoms with E-state index in [4.69, 9.17) is 27.9 Å². The molecule has 0 radical (unpaired) electrons. The zero-order chi connectivity index (χ0) is 13.1. The molecule has 0 saturated heterocycles. The fraction of sp³-hybridized carbons (Fsp3) is 0.182. The van der Waals surface area contributed by atoms with Gasteiger partial charge in [0.25, 0.3) is 0 Å². The number of nitrogens with zero attached hydrogens (tertiary/aromatic N) is 2. The van der Waals surface area contributed by atoms with Gasteiger partial charge in [0.15, 0.2) is 0 Å². The lowest BCUT2D eigenvalue weighted by molar-refractivity contribution is 0.0513. The van der Waals surface area contributed by atoms with E-state index in [1.54, 1.807) is 13.0 Å². The van der Waals surface area contributed by atoms with E-state index in [9.17, 15) is 4.79 Å². The van der Waals surface area contributed by atoms with Gasteiger partial charge < -0.3 is 9.72 Å². The van der Waals surface area contributed by atoms with E-state index >= 15 is 0 Å². The average Bonchev–Trinajstić information content (AvgIpc) is 2.78. The number of nitrogens with one attached hydrogen (secondary N) is 1. The fourth-order valence-electron chi connectivity index (χ4n) is 1.36. The van der Waals surface area contributed by atoms with Gasteiger partial charge in [-0.2, -0.15) is 0 Å². The number of aromatic amines is 1. The highest BCUT2D eigenvalue weighted by molar-refractivity contribution is 6.35. The number of halogens is 2. The summed E-state index contributed by atoms with van der Waals surface area (Å²) in [5, 5.41) is 0.815. The van der Waals surface area contributed by atoms with Crippen LogP contribution in [0.5, 0.6) is 0 Å². The van der Waals surface area contributed by atoms with Crippen LogP contribution in [0.1, 0.15) is 17.5 Å². The van der Waals surface area contributed by atoms with Crippen LogP contribution in [0, 0.1) is 0 Å². The zero-order valence-electron chi connectivity index (χ0n) is 9.41. The maximum absolute atomic E-state index is 11.4. The van der Waals surface area contributed by atoms with Crippen molar-refractivity contribution in [1.29, 1.82) is 0 Å². The monoisotopic (exact) mass is 285 g/mol. The van der Waals surface area contributed by atoms with Crippen molar-refractivity contribution in [3.05, 3.63) is 34.3 Å². The van der Waals surface area contributed by atoms with Crippen molar-refractivity contribution in [2.24, 2.45) is 0 Å². The molecule has 0 bridgehead atoms. The van der Waals surface area contributed by atoms with Gasteiger partial charge in [-0.15, -0.1) is 0 Å². The number of imidazole rings is 1. The summed E-state index contributed by atoms with van der Waals surface area (Å²) in [5.41, 5.74) is 1.00. The number of ether oxygens (including phenoxy) is 1. The molecule has 0 fully saturated rings. The van der Waals surface area contributed by atoms with Crippen LogP contribution in [0.15, 0.2) is 18.5 Å². The SMILES string of the molecule is CCOC(=O)c1ncc(-c2ncc(Cl)cc2Cl)[nH]1. The number of carbonyl (C=O) groups excluding carboxylic acids is 1. The summed E-state index contributed by atoms with van der Waals surface area (Å²) in [6, 6.07) is 1.57. The summed E-state index contributed by atoms with van der Waals surface area (Å²) in [6.45, 7) is 2.01. The number of esters is 1. The highest BCUT2D eigenvalue weighted by Crippen LogP contribution is 2.26. The van der Waals surface area contributed by atoms with Crippen LogP contribution in [0.3, 0.4) is 0 Å². The van der Waals surface area contributed by atoms with Crippen molar-refractivity contribution in [3.63, 3.8) is 0 Å². The molecule has 0 amide bonds. The Morgan fingerprint density at radius 1 is 1.39 bits per heavy atom. The van der Waals surface area contributed by atoms with Crippen molar-refractivity contribution in [2.45, 2.75) is 6.92 Å². The number of rotatable bonds is 3. The van der Waals surface area contributed by atoms with Gasteiger partial charge in [-0.25, -0.2) is 9.78 Å². The van der Waals surface area contributed by atoms with E-state index in [2.05, 4.69) is 15.0 Å². The van der Waals surface area contributed by atoms with Crippen LogP contribution in [-0.2, 0) is 4.74 Å². The predicted molar refractivity (Wildman–Crippen MR) is 67.8 cm³/mol. The van der Waals surface area contributed by atoms with E-state index in [1.807, 2.05) is 0 Å². The Bertz CT molecular complexity index is 583. The zero-order valence-corrected chi connectivity index (χ0v) is 10.9. The summed E-state index contributed by atoms with van der Waals surface area (Å²) < 4.78 is 4.82. The molecule has 18 heavy (non-hydrogen) atoms. The molecule has 2 heterocycles. The molecule has 2 rings (SSSR count). The van der Waals surface area contributed by atoms with Crippen LogP contribution in [0.2, 0.25) is 10.0 Å². The number of hydrogen-bond donors (Lipinski definition) is 1. The number of pyridine rings is 1. The minimum absolute atomic E-state index is 0.111. The van der Waals surface area contributed by atoms with Crippen LogP contribution >= 0.6 is 23.2 Å². The molecule has 5 nitrogen and oxygen atoms in total. The Kier molecular flexibility index (Phi) is 3.84. The normalized spacial score (nSPS) is 10.4. The number of carbonyl (C=O) groups is 1. The minimum Gasteiger partial charge on any atom is -0.460 e. The molecule has 0 spiro atoms. The standard InChI is InChI=1S/C11H9Cl2N3O2/c1-2-18-11(17)10-15-5-8(16-10)9-7(13)3-6(12)4-14-9/h3-5H,2H2,1H3,(H,15,16). The maximum Gasteiger partial charge on any atom is 0.374 e. The summed E-state index contributed by atoms with van der Waals surface area (Å²) in [6.07, 6.45) is 2.93. The van der Waals surface area contributed by atoms with Crippen LogP contribution < -0.4 is 0 Å². The van der Waals surface area contributed by atoms with Crippen LogP contribution in [0.25, 0.3) is 11.4 Å². The average molecular weight is 286 g/mol. The minimum atomic E-state index is -0.520. The van der Waals surface area contributed by atoms with Gasteiger partial charge in [0.2, 0.25) is 5.82 Å². The van der Waals surface area contributed by atoms with Crippen LogP contribution in [0.4, 0.5) is 0 Å². The molecule has 0 unspecified atom stereocenters. The predicted octanol–water partition coefficient (Wildman–Crippen LogP) is 2.96. The van der Waals surface area contributed by atoms with Crippen LogP contribution in [-0.4, -0.2) is 27.5 Å². The fourth-order valence-corrected chi connectivity index (χ4v) is 1.84. The highest BCUT2D eigenvalue weighted by Gasteiger charge is 2.14. The number of aromatic nitrogens is 3. The summed E-state index contributed by atoms with van der Waals surface area (Å²) in [4.78, 5) is 22.2. The first kappa shape index (κ1) is 12.9. The first-order valence-electron chi connectivity index (χ1n) is 5.15. The quantitative estimate of drug-likeness (QED) is 0.881. The maximum atomic E-state index is 11.4. The van der Waals surface area contributed by atoms with Gasteiger partial charge in [0.05, 0.1) is 28.5 Å². The van der Waals surface area contributed by atoms with E-state index in [-0.39, 0.29) is 12.4 Å². The summed E-state index contributed by atoms with van der Waals surface area (Å²) in [5.74, 6) is -0.409. The Hall–Kier alpha value is -1.59. The number of hydrogen-bond acceptors (Lipinski definition) is 4. The van der Waals surface area contributed by atoms with Crippen molar-refractivity contribution in [2.75, 3.05) is 6.61 Å². The summed E-state index contributed by atoms with van der Waals surface area (Å²) >= 11 is 11.8. The van der Waals surface area contributed by atoms with E-state index in [0.717, 1.165) is 0 Å². The topological polar surface area (TPSA) is 67.9 Å². The molecule has 2 aromatic heterocycles. The molecule has 2 aromatic rings. The second-order valence-corrected chi connectivity index (χ2v) is 4.19. The smallest absolute Gasteiger partial charge is 0.374 e. The van der Waals surface area contributed by atoms with Crippen molar-refractivity contribution in [3.8, 4) is 11.4 Å². The molecule has 0 atom stereocenters. The Morgan fingerprint density at radius 3 is 2.83 bits per heavy atom. The Morgan fingerprint density at radius 2 is 2.17 bits per heavy atom. The molecule has 7 heteroatoms. The van der Waals surface area contributed by atoms with Gasteiger partial charge in [0.1, 0.15) is 5.69 Å². The van der Waals surface area contributed by atoms with E-state index < -0.39 is 5.97 Å². The van der Waals surface area contributed by atoms with E-state index in [1.165, 1.54) is 12.4 Å². The molecular formula is C11H9Cl2N3O2. The molecule has 94 valence electrons. The molecule has 0 aliphatic rings. The molecule has 0 aromatic carbocycles. The van der Waals surface area contributed by atoms with Crippen molar-refractivity contribution >= 4 is 29.2 Å². The van der Waals surface area contributed by atoms with Crippen molar-refractivity contribution in [1.82, 2.24) is 15.0 Å². The van der Waals surface area contributed by atoms with E-state index in [0.29, 0.717) is 21.4 Å². The molecule has 0 aliphatic carbocycles. The highest BCUT2D eigenvalue weighted by atomic mass is 35.5. The molecule has 1 N–H and O–H groups in total. The van der Waals surface area contributed by atoms with Gasteiger partial charge in [-0.05, 0) is 13.0 Å². The molecule has 0 aliphatic heterocycles. The first-order valence-corrected chi connectivity index (χ1v) is 5.91. The molecular weight excluding hydrogens is 277 g/mol. The third-order valence-corrected chi connectivity index (χ3v) is 2.60. The van der Waals surface area contributed by atoms with Crippen molar-refractivity contribution < 1.29 is 9.53 Å². The van der Waals surface area contributed by atoms with Gasteiger partial charge in [-0.1, -0.05) is 23.2 Å². The van der Waals surface area contributed by atoms with Gasteiger partial charge >= 0.3 is 5.97 Å². The Labute approximate surface area is 113 Å². The Balaban J connectivity index is 2.32. The molecule has 0 saturated carbocycles. The summed E-state index contributed by atoms with van der Waals surface area (Å²) in [7, 11) is 0. The van der Waals surface area contributed by atoms with Gasteiger partial charge in [-0.3, -0.25) is 4.98 Å². The third-order valence-electron chi connectivity index (χ3n) is 2.11. The second kappa shape index (κ2) is 5.37. The lowest BCUT2D eigenvalue weighted by Gasteiger charge is -2.00. The number of H-pyrrole nitrogens is 1.